The van der Waals surface area contributed by atoms with E-state index in [0.29, 0.717) is 39.1 Å². The molecule has 3 rings (SSSR count). The Labute approximate surface area is 316 Å². The van der Waals surface area contributed by atoms with Crippen LogP contribution < -0.4 is 21.3 Å². The monoisotopic (exact) mass is 731 g/mol. The molecular formula is C40H58BN5O7. The van der Waals surface area contributed by atoms with Gasteiger partial charge in [-0.1, -0.05) is 94.7 Å². The molecule has 1 aliphatic heterocycles. The highest BCUT2D eigenvalue weighted by molar-refractivity contribution is 6.13. The van der Waals surface area contributed by atoms with Gasteiger partial charge >= 0.3 is 0 Å². The van der Waals surface area contributed by atoms with Crippen molar-refractivity contribution in [3.05, 3.63) is 71.8 Å². The average Bonchev–Trinajstić information content (AvgIpc) is 3.12. The lowest BCUT2D eigenvalue weighted by molar-refractivity contribution is -0.140. The summed E-state index contributed by atoms with van der Waals surface area (Å²) in [6, 6.07) is 14.6. The molecule has 12 nitrogen and oxygen atoms in total. The molecular weight excluding hydrogens is 673 g/mol. The van der Waals surface area contributed by atoms with E-state index in [0.717, 1.165) is 11.1 Å². The number of benzene rings is 2. The third-order valence-electron chi connectivity index (χ3n) is 9.21. The van der Waals surface area contributed by atoms with Crippen LogP contribution in [0.2, 0.25) is 6.32 Å². The van der Waals surface area contributed by atoms with Gasteiger partial charge in [0.15, 0.2) is 5.78 Å². The van der Waals surface area contributed by atoms with E-state index in [4.69, 9.17) is 12.6 Å². The fourth-order valence-electron chi connectivity index (χ4n) is 6.18. The lowest BCUT2D eigenvalue weighted by Crippen LogP contribution is -2.59. The van der Waals surface area contributed by atoms with E-state index < -0.39 is 53.3 Å². The van der Waals surface area contributed by atoms with Crippen molar-refractivity contribution in [3.8, 4) is 0 Å². The van der Waals surface area contributed by atoms with Gasteiger partial charge in [0.2, 0.25) is 23.6 Å². The van der Waals surface area contributed by atoms with Gasteiger partial charge in [-0.25, -0.2) is 0 Å². The zero-order valence-corrected chi connectivity index (χ0v) is 31.9. The molecule has 0 aromatic heterocycles. The number of nitrogens with one attached hydrogen (secondary N) is 4. The maximum absolute atomic E-state index is 14.1. The number of carbonyl (C=O) groups is 5. The summed E-state index contributed by atoms with van der Waals surface area (Å²) in [4.78, 5) is 70.4. The third kappa shape index (κ3) is 15.1. The van der Waals surface area contributed by atoms with Crippen molar-refractivity contribution in [2.75, 3.05) is 32.8 Å². The molecule has 0 spiro atoms. The van der Waals surface area contributed by atoms with Crippen LogP contribution in [0.5, 0.6) is 0 Å². The van der Waals surface area contributed by atoms with Gasteiger partial charge in [-0.05, 0) is 55.6 Å². The number of nitrogens with zero attached hydrogens (tertiary/aromatic N) is 1. The molecule has 0 aliphatic carbocycles. The standard InChI is InChI=1S/C40H58BN5O7/c1-27(2)22-32(36(48)40(5,52)26-41)43-39(51)34(24-30-14-10-7-11-15-30)45-38(50)33(23-28(3)4)44-37(49)31(17-16-29-12-8-6-9-13-29)42-35(47)25-46-18-20-53-21-19-46/h6-15,27-28,31-34,52H,16-26H2,1-5H3,(H,42,47)(H,43,51)(H,44,49)(H,45,50)/t31-,32?,33-,34-,40+/m0/s1. The molecule has 288 valence electrons. The highest BCUT2D eigenvalue weighted by Crippen LogP contribution is 2.18. The highest BCUT2D eigenvalue weighted by Gasteiger charge is 2.37. The number of aliphatic hydroxyl groups is 1. The Kier molecular flexibility index (Phi) is 17.7. The van der Waals surface area contributed by atoms with Crippen molar-refractivity contribution in [3.63, 3.8) is 0 Å². The molecule has 0 bridgehead atoms. The van der Waals surface area contributed by atoms with Crippen LogP contribution in [-0.4, -0.2) is 110 Å². The van der Waals surface area contributed by atoms with Crippen LogP contribution >= 0.6 is 0 Å². The zero-order valence-electron chi connectivity index (χ0n) is 31.9. The maximum atomic E-state index is 14.1. The molecule has 5 atom stereocenters. The van der Waals surface area contributed by atoms with Gasteiger partial charge in [0.1, 0.15) is 23.7 Å². The summed E-state index contributed by atoms with van der Waals surface area (Å²) >= 11 is 0. The molecule has 1 fully saturated rings. The first kappa shape index (κ1) is 43.3. The molecule has 1 aliphatic rings. The second-order valence-corrected chi connectivity index (χ2v) is 15.0. The fourth-order valence-corrected chi connectivity index (χ4v) is 6.18. The molecule has 2 radical (unpaired) electrons. The molecule has 5 N–H and O–H groups in total. The smallest absolute Gasteiger partial charge is 0.243 e. The quantitative estimate of drug-likeness (QED) is 0.122. The van der Waals surface area contributed by atoms with E-state index in [-0.39, 0.29) is 49.9 Å². The number of carbonyl (C=O) groups excluding carboxylic acids is 5. The zero-order chi connectivity index (χ0) is 39.0. The Morgan fingerprint density at radius 1 is 0.736 bits per heavy atom. The van der Waals surface area contributed by atoms with Gasteiger partial charge in [-0.2, -0.15) is 0 Å². The van der Waals surface area contributed by atoms with Gasteiger partial charge in [0.25, 0.3) is 0 Å². The number of ether oxygens (including phenoxy) is 1. The minimum absolute atomic E-state index is 0.00480. The number of hydrogen-bond acceptors (Lipinski definition) is 8. The summed E-state index contributed by atoms with van der Waals surface area (Å²) < 4.78 is 5.39. The molecule has 1 saturated heterocycles. The van der Waals surface area contributed by atoms with Crippen molar-refractivity contribution < 1.29 is 33.8 Å². The Morgan fingerprint density at radius 3 is 1.79 bits per heavy atom. The number of amides is 4. The van der Waals surface area contributed by atoms with Crippen LogP contribution in [0.1, 0.15) is 65.0 Å². The maximum Gasteiger partial charge on any atom is 0.243 e. The lowest BCUT2D eigenvalue weighted by Gasteiger charge is -2.30. The van der Waals surface area contributed by atoms with Crippen molar-refractivity contribution >= 4 is 37.3 Å². The normalized spacial score (nSPS) is 16.8. The topological polar surface area (TPSA) is 166 Å². The summed E-state index contributed by atoms with van der Waals surface area (Å²) in [6.07, 6.45) is 1.12. The van der Waals surface area contributed by atoms with Crippen molar-refractivity contribution in [1.82, 2.24) is 26.2 Å². The van der Waals surface area contributed by atoms with Crippen LogP contribution in [0, 0.1) is 11.8 Å². The fraction of sp³-hybridized carbons (Fsp3) is 0.575. The molecule has 2 aromatic carbocycles. The predicted molar refractivity (Wildman–Crippen MR) is 205 cm³/mol. The number of ketones is 1. The Morgan fingerprint density at radius 2 is 1.23 bits per heavy atom. The Bertz CT molecular complexity index is 1470. The van der Waals surface area contributed by atoms with Crippen LogP contribution in [0.15, 0.2) is 60.7 Å². The molecule has 0 saturated carbocycles. The number of rotatable bonds is 21. The summed E-state index contributed by atoms with van der Waals surface area (Å²) in [5.74, 6) is -2.64. The van der Waals surface area contributed by atoms with Gasteiger partial charge < -0.3 is 31.1 Å². The number of aryl methyl sites for hydroxylation is 1. The average molecular weight is 732 g/mol. The number of morpholine rings is 1. The van der Waals surface area contributed by atoms with Gasteiger partial charge in [-0.15, -0.1) is 0 Å². The molecule has 1 heterocycles. The van der Waals surface area contributed by atoms with Crippen LogP contribution in [0.4, 0.5) is 0 Å². The Hall–Kier alpha value is -4.07. The highest BCUT2D eigenvalue weighted by atomic mass is 16.5. The van der Waals surface area contributed by atoms with Crippen LogP contribution in [0.25, 0.3) is 0 Å². The predicted octanol–water partition coefficient (Wildman–Crippen LogP) is 2.13. The second-order valence-electron chi connectivity index (χ2n) is 15.0. The van der Waals surface area contributed by atoms with Gasteiger partial charge in [0.05, 0.1) is 33.6 Å². The molecule has 4 amide bonds. The van der Waals surface area contributed by atoms with Gasteiger partial charge in [0, 0.05) is 19.5 Å². The molecule has 1 unspecified atom stereocenters. The van der Waals surface area contributed by atoms with E-state index in [1.807, 2.05) is 93.3 Å². The first-order chi connectivity index (χ1) is 25.2. The van der Waals surface area contributed by atoms with E-state index in [9.17, 15) is 29.1 Å². The molecule has 2 aromatic rings. The van der Waals surface area contributed by atoms with E-state index >= 15 is 0 Å². The van der Waals surface area contributed by atoms with Crippen LogP contribution in [0.3, 0.4) is 0 Å². The first-order valence-electron chi connectivity index (χ1n) is 18.7. The summed E-state index contributed by atoms with van der Waals surface area (Å²) in [7, 11) is 5.68. The minimum Gasteiger partial charge on any atom is -0.383 e. The van der Waals surface area contributed by atoms with E-state index in [2.05, 4.69) is 21.3 Å². The van der Waals surface area contributed by atoms with E-state index in [1.165, 1.54) is 6.92 Å². The van der Waals surface area contributed by atoms with E-state index in [1.54, 1.807) is 0 Å². The third-order valence-corrected chi connectivity index (χ3v) is 9.21. The minimum atomic E-state index is -1.85. The summed E-state index contributed by atoms with van der Waals surface area (Å²) in [6.45, 7) is 11.3. The second kappa shape index (κ2) is 21.6. The molecule has 13 heteroatoms. The number of Topliss-reactive ketones (excluding diaryl/α,β-unsaturated/α-hetero) is 1. The Balaban J connectivity index is 1.84. The van der Waals surface area contributed by atoms with Crippen molar-refractivity contribution in [2.45, 2.75) is 103 Å². The lowest BCUT2D eigenvalue weighted by atomic mass is 9.81. The van der Waals surface area contributed by atoms with Crippen molar-refractivity contribution in [1.29, 1.82) is 0 Å². The number of hydrogen-bond donors (Lipinski definition) is 5. The largest absolute Gasteiger partial charge is 0.383 e. The van der Waals surface area contributed by atoms with Crippen LogP contribution in [-0.2, 0) is 41.6 Å². The SMILES string of the molecule is [B]C[C@@](C)(O)C(=O)C(CC(C)C)NC(=O)[C@H](Cc1ccccc1)NC(=O)[C@H](CC(C)C)NC(=O)[C@H](CCc1ccccc1)NC(=O)CN1CCOCC1. The molecule has 53 heavy (non-hydrogen) atoms. The summed E-state index contributed by atoms with van der Waals surface area (Å²) in [5, 5.41) is 22.1. The summed E-state index contributed by atoms with van der Waals surface area (Å²) in [5.41, 5.74) is -0.0880. The van der Waals surface area contributed by atoms with Gasteiger partial charge in [-0.3, -0.25) is 28.9 Å². The first-order valence-corrected chi connectivity index (χ1v) is 18.7. The van der Waals surface area contributed by atoms with Crippen molar-refractivity contribution in [2.24, 2.45) is 11.8 Å².